The van der Waals surface area contributed by atoms with Gasteiger partial charge >= 0.3 is 0 Å². The highest BCUT2D eigenvalue weighted by Crippen LogP contribution is 2.28. The Morgan fingerprint density at radius 2 is 1.24 bits per heavy atom. The lowest BCUT2D eigenvalue weighted by Gasteiger charge is -2.44. The van der Waals surface area contributed by atoms with E-state index in [9.17, 15) is 30.6 Å². The van der Waals surface area contributed by atoms with Crippen molar-refractivity contribution in [1.29, 1.82) is 0 Å². The van der Waals surface area contributed by atoms with E-state index >= 15 is 0 Å². The lowest BCUT2D eigenvalue weighted by molar-refractivity contribution is -0.349. The predicted octanol–water partition coefficient (Wildman–Crippen LogP) is -3.34. The van der Waals surface area contributed by atoms with E-state index in [1.54, 1.807) is 0 Å². The molecule has 1 unspecified atom stereocenters. The second kappa shape index (κ2) is 6.41. The van der Waals surface area contributed by atoms with E-state index < -0.39 is 61.4 Å². The molecule has 10 atom stereocenters. The normalized spacial score (nSPS) is 55.4. The van der Waals surface area contributed by atoms with Gasteiger partial charge in [0.25, 0.3) is 0 Å². The summed E-state index contributed by atoms with van der Waals surface area (Å²) in [5, 5.41) is 58.4. The lowest BCUT2D eigenvalue weighted by atomic mass is 9.97. The molecule has 0 bridgehead atoms. The number of rotatable bonds is 2. The van der Waals surface area contributed by atoms with E-state index in [1.165, 1.54) is 13.8 Å². The molecule has 9 nitrogen and oxygen atoms in total. The summed E-state index contributed by atoms with van der Waals surface area (Å²) >= 11 is 0. The van der Waals surface area contributed by atoms with Crippen molar-refractivity contribution >= 4 is 0 Å². The first-order valence-electron chi connectivity index (χ1n) is 6.78. The summed E-state index contributed by atoms with van der Waals surface area (Å²) in [7, 11) is 0. The van der Waals surface area contributed by atoms with Crippen LogP contribution < -0.4 is 0 Å². The second-order valence-electron chi connectivity index (χ2n) is 5.50. The fourth-order valence-electron chi connectivity index (χ4n) is 2.45. The Labute approximate surface area is 121 Å². The van der Waals surface area contributed by atoms with E-state index in [4.69, 9.17) is 14.2 Å². The monoisotopic (exact) mass is 310 g/mol. The molecule has 2 aliphatic heterocycles. The molecular formula is C12H22O9. The summed E-state index contributed by atoms with van der Waals surface area (Å²) in [5.74, 6) is 0. The summed E-state index contributed by atoms with van der Waals surface area (Å²) in [6.07, 6.45) is -13.0. The minimum atomic E-state index is -1.56. The van der Waals surface area contributed by atoms with Crippen LogP contribution in [0.15, 0.2) is 0 Å². The molecule has 0 spiro atoms. The van der Waals surface area contributed by atoms with Crippen LogP contribution >= 0.6 is 0 Å². The van der Waals surface area contributed by atoms with Gasteiger partial charge in [0.1, 0.15) is 36.6 Å². The summed E-state index contributed by atoms with van der Waals surface area (Å²) in [4.78, 5) is 0. The standard InChI is InChI=1S/C12H22O9/c1-3-5(13)7(15)8(16)12(20-3)21-10-6(14)4(2)19-11(18)9(10)17/h3-18H,1-2H3/t3-,4-,5+,6+,7+,8-,9-,10+,11?,12-/m0/s1. The van der Waals surface area contributed by atoms with Crippen LogP contribution in [0.1, 0.15) is 13.8 Å². The first-order valence-corrected chi connectivity index (χ1v) is 6.78. The highest BCUT2D eigenvalue weighted by atomic mass is 16.7. The summed E-state index contributed by atoms with van der Waals surface area (Å²) in [6.45, 7) is 2.96. The maximum atomic E-state index is 9.96. The lowest BCUT2D eigenvalue weighted by Crippen LogP contribution is -2.63. The van der Waals surface area contributed by atoms with Gasteiger partial charge in [0.15, 0.2) is 12.6 Å². The van der Waals surface area contributed by atoms with Crippen molar-refractivity contribution in [1.82, 2.24) is 0 Å². The molecule has 124 valence electrons. The number of aliphatic hydroxyl groups excluding tert-OH is 6. The second-order valence-corrected chi connectivity index (χ2v) is 5.50. The van der Waals surface area contributed by atoms with Crippen LogP contribution in [-0.2, 0) is 14.2 Å². The topological polar surface area (TPSA) is 149 Å². The van der Waals surface area contributed by atoms with Crippen LogP contribution in [0, 0.1) is 0 Å². The molecule has 0 aromatic rings. The van der Waals surface area contributed by atoms with Crippen molar-refractivity contribution in [3.05, 3.63) is 0 Å². The van der Waals surface area contributed by atoms with Crippen LogP contribution in [0.3, 0.4) is 0 Å². The minimum Gasteiger partial charge on any atom is -0.388 e. The van der Waals surface area contributed by atoms with Gasteiger partial charge < -0.3 is 44.8 Å². The van der Waals surface area contributed by atoms with Gasteiger partial charge in [-0.25, -0.2) is 0 Å². The molecule has 9 heteroatoms. The highest BCUT2D eigenvalue weighted by Gasteiger charge is 2.48. The van der Waals surface area contributed by atoms with Crippen molar-refractivity contribution in [2.45, 2.75) is 75.3 Å². The van der Waals surface area contributed by atoms with Gasteiger partial charge in [-0.05, 0) is 13.8 Å². The molecule has 6 N–H and O–H groups in total. The van der Waals surface area contributed by atoms with E-state index in [2.05, 4.69) is 0 Å². The van der Waals surface area contributed by atoms with Gasteiger partial charge in [-0.1, -0.05) is 0 Å². The Morgan fingerprint density at radius 3 is 1.86 bits per heavy atom. The zero-order valence-electron chi connectivity index (χ0n) is 11.7. The summed E-state index contributed by atoms with van der Waals surface area (Å²) in [5.41, 5.74) is 0. The Bertz CT molecular complexity index is 340. The van der Waals surface area contributed by atoms with Gasteiger partial charge in [-0.2, -0.15) is 0 Å². The van der Waals surface area contributed by atoms with Crippen LogP contribution in [0.4, 0.5) is 0 Å². The fraction of sp³-hybridized carbons (Fsp3) is 1.00. The van der Waals surface area contributed by atoms with Gasteiger partial charge in [0.2, 0.25) is 0 Å². The van der Waals surface area contributed by atoms with E-state index in [0.29, 0.717) is 0 Å². The molecular weight excluding hydrogens is 288 g/mol. The van der Waals surface area contributed by atoms with Crippen LogP contribution in [0.5, 0.6) is 0 Å². The molecule has 0 saturated carbocycles. The molecule has 0 amide bonds. The third kappa shape index (κ3) is 3.21. The summed E-state index contributed by atoms with van der Waals surface area (Å²) < 4.78 is 15.4. The van der Waals surface area contributed by atoms with Gasteiger partial charge in [-0.3, -0.25) is 0 Å². The molecule has 2 fully saturated rings. The zero-order chi connectivity index (χ0) is 15.9. The van der Waals surface area contributed by atoms with E-state index in [1.807, 2.05) is 0 Å². The highest BCUT2D eigenvalue weighted by molar-refractivity contribution is 4.92. The molecule has 2 saturated heterocycles. The Morgan fingerprint density at radius 1 is 0.667 bits per heavy atom. The van der Waals surface area contributed by atoms with Crippen LogP contribution in [0.2, 0.25) is 0 Å². The number of aliphatic hydroxyl groups is 6. The van der Waals surface area contributed by atoms with Crippen molar-refractivity contribution in [3.63, 3.8) is 0 Å². The average molecular weight is 310 g/mol. The quantitative estimate of drug-likeness (QED) is 0.308. The molecule has 2 heterocycles. The number of hydrogen-bond acceptors (Lipinski definition) is 9. The molecule has 0 aromatic carbocycles. The number of ether oxygens (including phenoxy) is 3. The Balaban J connectivity index is 2.08. The van der Waals surface area contributed by atoms with E-state index in [0.717, 1.165) is 0 Å². The molecule has 0 aliphatic carbocycles. The largest absolute Gasteiger partial charge is 0.388 e. The molecule has 21 heavy (non-hydrogen) atoms. The zero-order valence-corrected chi connectivity index (χ0v) is 11.7. The smallest absolute Gasteiger partial charge is 0.187 e. The first kappa shape index (κ1) is 17.0. The first-order chi connectivity index (χ1) is 9.73. The molecule has 0 radical (unpaired) electrons. The number of hydrogen-bond donors (Lipinski definition) is 6. The molecule has 2 rings (SSSR count). The molecule has 2 aliphatic rings. The Hall–Kier alpha value is -0.360. The van der Waals surface area contributed by atoms with Gasteiger partial charge in [-0.15, -0.1) is 0 Å². The molecule has 0 aromatic heterocycles. The van der Waals surface area contributed by atoms with Crippen LogP contribution in [0.25, 0.3) is 0 Å². The van der Waals surface area contributed by atoms with Gasteiger partial charge in [0.05, 0.1) is 12.2 Å². The van der Waals surface area contributed by atoms with Crippen molar-refractivity contribution < 1.29 is 44.8 Å². The maximum Gasteiger partial charge on any atom is 0.187 e. The predicted molar refractivity (Wildman–Crippen MR) is 65.8 cm³/mol. The minimum absolute atomic E-state index is 0.804. The van der Waals surface area contributed by atoms with E-state index in [-0.39, 0.29) is 0 Å². The van der Waals surface area contributed by atoms with Crippen molar-refractivity contribution in [2.24, 2.45) is 0 Å². The third-order valence-electron chi connectivity index (χ3n) is 3.90. The van der Waals surface area contributed by atoms with Crippen LogP contribution in [-0.4, -0.2) is 92.1 Å². The van der Waals surface area contributed by atoms with Crippen molar-refractivity contribution in [3.8, 4) is 0 Å². The maximum absolute atomic E-state index is 9.96. The SMILES string of the molecule is C[C@@H]1O[C@@H](O[C@@H]2[C@H](O)[C@H](C)OC(O)[C@H]2O)[C@@H](O)[C@H](O)[C@@H]1O. The average Bonchev–Trinajstić information content (AvgIpc) is 2.44. The Kier molecular flexibility index (Phi) is 5.19. The third-order valence-corrected chi connectivity index (χ3v) is 3.90. The fourth-order valence-corrected chi connectivity index (χ4v) is 2.45. The summed E-state index contributed by atoms with van der Waals surface area (Å²) in [6, 6.07) is 0. The van der Waals surface area contributed by atoms with Gasteiger partial charge in [0, 0.05) is 0 Å². The van der Waals surface area contributed by atoms with Crippen molar-refractivity contribution in [2.75, 3.05) is 0 Å².